The van der Waals surface area contributed by atoms with E-state index in [0.717, 1.165) is 52.2 Å². The van der Waals surface area contributed by atoms with Crippen LogP contribution in [-0.4, -0.2) is 39.0 Å². The Kier molecular flexibility index (Phi) is 12.8. The molecule has 0 aliphatic heterocycles. The van der Waals surface area contributed by atoms with Crippen molar-refractivity contribution in [1.29, 1.82) is 0 Å². The molecule has 0 bridgehead atoms. The van der Waals surface area contributed by atoms with Gasteiger partial charge in [0.2, 0.25) is 0 Å². The molecule has 0 fully saturated rings. The molecule has 0 aromatic heterocycles. The maximum atomic E-state index is 5.43. The summed E-state index contributed by atoms with van der Waals surface area (Å²) in [5, 5.41) is 0. The van der Waals surface area contributed by atoms with Crippen LogP contribution < -0.4 is 10.9 Å². The van der Waals surface area contributed by atoms with E-state index >= 15 is 0 Å². The lowest BCUT2D eigenvalue weighted by atomic mass is 10.4. The predicted octanol–water partition coefficient (Wildman–Crippen LogP) is 1.71. The Hall–Kier alpha value is -0.160. The zero-order valence-corrected chi connectivity index (χ0v) is 11.1. The van der Waals surface area contributed by atoms with Crippen LogP contribution in [0.15, 0.2) is 0 Å². The van der Waals surface area contributed by atoms with Crippen LogP contribution in [0.25, 0.3) is 0 Å². The first kappa shape index (κ1) is 15.8. The van der Waals surface area contributed by atoms with Crippen molar-refractivity contribution in [1.82, 2.24) is 10.9 Å². The average Bonchev–Trinajstić information content (AvgIpc) is 2.25. The number of nitrogens with one attached hydrogen (secondary N) is 2. The van der Waals surface area contributed by atoms with E-state index in [-0.39, 0.29) is 0 Å². The number of hydrazine groups is 1. The summed E-state index contributed by atoms with van der Waals surface area (Å²) in [6.45, 7) is 10.7. The van der Waals surface area contributed by atoms with Gasteiger partial charge in [-0.3, -0.25) is 10.9 Å². The van der Waals surface area contributed by atoms with Crippen LogP contribution in [0.1, 0.15) is 40.0 Å². The summed E-state index contributed by atoms with van der Waals surface area (Å²) in [6, 6.07) is 0. The fraction of sp³-hybridized carbons (Fsp3) is 1.00. The minimum atomic E-state index is 0.337. The van der Waals surface area contributed by atoms with E-state index in [1.54, 1.807) is 0 Å². The van der Waals surface area contributed by atoms with Crippen molar-refractivity contribution in [3.63, 3.8) is 0 Å². The van der Waals surface area contributed by atoms with Gasteiger partial charge in [0.15, 0.2) is 0 Å². The van der Waals surface area contributed by atoms with E-state index < -0.39 is 0 Å². The molecule has 0 aromatic carbocycles. The standard InChI is InChI=1S/C12H28N2O2/c1-4-9-15-10-5-7-13-14-8-6-11-16-12(2)3/h12-14H,4-11H2,1-3H3. The summed E-state index contributed by atoms with van der Waals surface area (Å²) in [7, 11) is 0. The van der Waals surface area contributed by atoms with E-state index in [9.17, 15) is 0 Å². The van der Waals surface area contributed by atoms with E-state index in [2.05, 4.69) is 31.6 Å². The summed E-state index contributed by atoms with van der Waals surface area (Å²) in [5.41, 5.74) is 6.33. The normalized spacial score (nSPS) is 11.2. The van der Waals surface area contributed by atoms with Crippen LogP contribution in [0, 0.1) is 0 Å². The quantitative estimate of drug-likeness (QED) is 0.397. The lowest BCUT2D eigenvalue weighted by Gasteiger charge is -2.09. The summed E-state index contributed by atoms with van der Waals surface area (Å²) < 4.78 is 10.8. The molecule has 0 unspecified atom stereocenters. The highest BCUT2D eigenvalue weighted by Gasteiger charge is 1.92. The van der Waals surface area contributed by atoms with E-state index in [0.29, 0.717) is 6.10 Å². The maximum absolute atomic E-state index is 5.43. The number of ether oxygens (including phenoxy) is 2. The molecule has 0 spiro atoms. The first-order valence-electron chi connectivity index (χ1n) is 6.42. The summed E-state index contributed by atoms with van der Waals surface area (Å²) in [6.07, 6.45) is 3.53. The van der Waals surface area contributed by atoms with Crippen molar-refractivity contribution >= 4 is 0 Å². The molecule has 0 saturated carbocycles. The Morgan fingerprint density at radius 3 is 2.12 bits per heavy atom. The molecule has 0 amide bonds. The molecule has 0 saturated heterocycles. The molecule has 2 N–H and O–H groups in total. The third-order valence-corrected chi connectivity index (χ3v) is 1.96. The van der Waals surface area contributed by atoms with Crippen molar-refractivity contribution in [3.8, 4) is 0 Å². The van der Waals surface area contributed by atoms with Crippen molar-refractivity contribution in [2.24, 2.45) is 0 Å². The Morgan fingerprint density at radius 2 is 1.56 bits per heavy atom. The Balaban J connectivity index is 2.88. The van der Waals surface area contributed by atoms with Gasteiger partial charge in [0.05, 0.1) is 6.10 Å². The highest BCUT2D eigenvalue weighted by atomic mass is 16.5. The van der Waals surface area contributed by atoms with Gasteiger partial charge in [0, 0.05) is 32.9 Å². The molecule has 4 nitrogen and oxygen atoms in total. The second kappa shape index (κ2) is 12.9. The lowest BCUT2D eigenvalue weighted by Crippen LogP contribution is -2.34. The SMILES string of the molecule is CCCOCCCNNCCCOC(C)C. The highest BCUT2D eigenvalue weighted by molar-refractivity contribution is 4.45. The topological polar surface area (TPSA) is 42.5 Å². The highest BCUT2D eigenvalue weighted by Crippen LogP contribution is 1.88. The Morgan fingerprint density at radius 1 is 0.938 bits per heavy atom. The van der Waals surface area contributed by atoms with Crippen molar-refractivity contribution in [2.45, 2.75) is 46.1 Å². The smallest absolute Gasteiger partial charge is 0.0518 e. The molecule has 16 heavy (non-hydrogen) atoms. The number of hydrogen-bond acceptors (Lipinski definition) is 4. The second-order valence-corrected chi connectivity index (χ2v) is 4.09. The molecule has 0 atom stereocenters. The van der Waals surface area contributed by atoms with E-state index in [1.165, 1.54) is 0 Å². The van der Waals surface area contributed by atoms with Gasteiger partial charge in [-0.25, -0.2) is 0 Å². The maximum Gasteiger partial charge on any atom is 0.0518 e. The molecule has 98 valence electrons. The van der Waals surface area contributed by atoms with Gasteiger partial charge in [0.1, 0.15) is 0 Å². The molecule has 0 aliphatic carbocycles. The third kappa shape index (κ3) is 13.8. The van der Waals surface area contributed by atoms with Crippen LogP contribution in [-0.2, 0) is 9.47 Å². The zero-order chi connectivity index (χ0) is 12.1. The van der Waals surface area contributed by atoms with Crippen molar-refractivity contribution in [2.75, 3.05) is 32.9 Å². The average molecular weight is 232 g/mol. The Bertz CT molecular complexity index is 132. The van der Waals surface area contributed by atoms with Gasteiger partial charge >= 0.3 is 0 Å². The number of hydrogen-bond donors (Lipinski definition) is 2. The minimum absolute atomic E-state index is 0.337. The van der Waals surface area contributed by atoms with Crippen LogP contribution in [0.3, 0.4) is 0 Å². The van der Waals surface area contributed by atoms with Gasteiger partial charge in [-0.2, -0.15) is 0 Å². The second-order valence-electron chi connectivity index (χ2n) is 4.09. The molecule has 0 rings (SSSR count). The largest absolute Gasteiger partial charge is 0.381 e. The van der Waals surface area contributed by atoms with Crippen LogP contribution in [0.2, 0.25) is 0 Å². The molecule has 0 aliphatic rings. The fourth-order valence-electron chi connectivity index (χ4n) is 1.17. The van der Waals surface area contributed by atoms with Crippen LogP contribution in [0.4, 0.5) is 0 Å². The predicted molar refractivity (Wildman–Crippen MR) is 67.4 cm³/mol. The first-order valence-corrected chi connectivity index (χ1v) is 6.42. The van der Waals surface area contributed by atoms with Gasteiger partial charge in [-0.05, 0) is 33.1 Å². The summed E-state index contributed by atoms with van der Waals surface area (Å²) >= 11 is 0. The van der Waals surface area contributed by atoms with Gasteiger partial charge in [-0.15, -0.1) is 0 Å². The minimum Gasteiger partial charge on any atom is -0.381 e. The van der Waals surface area contributed by atoms with Crippen molar-refractivity contribution in [3.05, 3.63) is 0 Å². The zero-order valence-electron chi connectivity index (χ0n) is 11.1. The molecule has 0 radical (unpaired) electrons. The van der Waals surface area contributed by atoms with Gasteiger partial charge in [0.25, 0.3) is 0 Å². The molecule has 0 heterocycles. The van der Waals surface area contributed by atoms with Crippen LogP contribution >= 0.6 is 0 Å². The van der Waals surface area contributed by atoms with Gasteiger partial charge in [-0.1, -0.05) is 6.92 Å². The molecule has 4 heteroatoms. The van der Waals surface area contributed by atoms with Crippen LogP contribution in [0.5, 0.6) is 0 Å². The van der Waals surface area contributed by atoms with E-state index in [4.69, 9.17) is 9.47 Å². The van der Waals surface area contributed by atoms with Crippen molar-refractivity contribution < 1.29 is 9.47 Å². The summed E-state index contributed by atoms with van der Waals surface area (Å²) in [4.78, 5) is 0. The molecule has 0 aromatic rings. The third-order valence-electron chi connectivity index (χ3n) is 1.96. The Labute approximate surface area is 100 Å². The first-order chi connectivity index (χ1) is 7.77. The lowest BCUT2D eigenvalue weighted by molar-refractivity contribution is 0.0765. The molecular weight excluding hydrogens is 204 g/mol. The molecular formula is C12H28N2O2. The monoisotopic (exact) mass is 232 g/mol. The van der Waals surface area contributed by atoms with Gasteiger partial charge < -0.3 is 9.47 Å². The fourth-order valence-corrected chi connectivity index (χ4v) is 1.17. The van der Waals surface area contributed by atoms with E-state index in [1.807, 2.05) is 0 Å². The number of rotatable bonds is 12. The summed E-state index contributed by atoms with van der Waals surface area (Å²) in [5.74, 6) is 0.